The molecule has 0 bridgehead atoms. The zero-order chi connectivity index (χ0) is 14.8. The van der Waals surface area contributed by atoms with Crippen LogP contribution in [0.5, 0.6) is 0 Å². The van der Waals surface area contributed by atoms with E-state index in [1.165, 1.54) is 34.1 Å². The minimum absolute atomic E-state index is 0.0236. The summed E-state index contributed by atoms with van der Waals surface area (Å²) < 4.78 is 1.28. The van der Waals surface area contributed by atoms with Gasteiger partial charge in [-0.1, -0.05) is 32.5 Å². The fourth-order valence-corrected chi connectivity index (χ4v) is 2.88. The lowest BCUT2D eigenvalue weighted by molar-refractivity contribution is -0.113. The van der Waals surface area contributed by atoms with Crippen molar-refractivity contribution in [2.75, 3.05) is 16.9 Å². The Morgan fingerprint density at radius 3 is 2.85 bits per heavy atom. The lowest BCUT2D eigenvalue weighted by Gasteiger charge is -2.14. The second-order valence-corrected chi connectivity index (χ2v) is 6.95. The standard InChI is InChI=1S/C11H16N6OS2/c1-11(2,3)7-4-19-9(14-7)15-8(18)5-20-10-16-13-6-17(10)12/h4,6H,5,12H2,1-3H3,(H,14,15,18). The van der Waals surface area contributed by atoms with Crippen LogP contribution in [-0.2, 0) is 10.2 Å². The summed E-state index contributed by atoms with van der Waals surface area (Å²) in [5.74, 6) is 5.62. The van der Waals surface area contributed by atoms with Gasteiger partial charge in [-0.05, 0) is 0 Å². The highest BCUT2D eigenvalue weighted by molar-refractivity contribution is 7.99. The van der Waals surface area contributed by atoms with E-state index in [2.05, 4.69) is 41.3 Å². The summed E-state index contributed by atoms with van der Waals surface area (Å²) in [6.07, 6.45) is 1.39. The Morgan fingerprint density at radius 2 is 2.30 bits per heavy atom. The quantitative estimate of drug-likeness (QED) is 0.655. The third kappa shape index (κ3) is 3.70. The number of anilines is 1. The third-order valence-electron chi connectivity index (χ3n) is 2.39. The van der Waals surface area contributed by atoms with Crippen LogP contribution >= 0.6 is 23.1 Å². The molecule has 0 unspecified atom stereocenters. The normalized spacial score (nSPS) is 11.6. The Hall–Kier alpha value is -1.61. The van der Waals surface area contributed by atoms with Crippen LogP contribution in [0.1, 0.15) is 26.5 Å². The van der Waals surface area contributed by atoms with E-state index in [1.54, 1.807) is 0 Å². The number of carbonyl (C=O) groups is 1. The van der Waals surface area contributed by atoms with Gasteiger partial charge in [-0.25, -0.2) is 9.66 Å². The number of aromatic nitrogens is 4. The van der Waals surface area contributed by atoms with Crippen LogP contribution in [0.2, 0.25) is 0 Å². The molecular weight excluding hydrogens is 296 g/mol. The highest BCUT2D eigenvalue weighted by atomic mass is 32.2. The number of carbonyl (C=O) groups excluding carboxylic acids is 1. The van der Waals surface area contributed by atoms with E-state index in [1.807, 2.05) is 5.38 Å². The number of nitrogens with two attached hydrogens (primary N) is 1. The molecule has 2 heterocycles. The molecule has 0 aliphatic carbocycles. The van der Waals surface area contributed by atoms with E-state index < -0.39 is 0 Å². The van der Waals surface area contributed by atoms with E-state index in [4.69, 9.17) is 5.84 Å². The smallest absolute Gasteiger partial charge is 0.236 e. The van der Waals surface area contributed by atoms with Crippen molar-refractivity contribution in [1.82, 2.24) is 19.9 Å². The lowest BCUT2D eigenvalue weighted by Crippen LogP contribution is -2.16. The third-order valence-corrected chi connectivity index (χ3v) is 4.11. The van der Waals surface area contributed by atoms with Crippen LogP contribution in [0.4, 0.5) is 5.13 Å². The molecule has 0 spiro atoms. The fourth-order valence-electron chi connectivity index (χ4n) is 1.30. The van der Waals surface area contributed by atoms with Gasteiger partial charge in [0.05, 0.1) is 11.4 Å². The van der Waals surface area contributed by atoms with Gasteiger partial charge in [0.1, 0.15) is 6.33 Å². The molecule has 3 N–H and O–H groups in total. The Labute approximate surface area is 125 Å². The van der Waals surface area contributed by atoms with Gasteiger partial charge in [0.2, 0.25) is 11.1 Å². The summed E-state index contributed by atoms with van der Waals surface area (Å²) in [6, 6.07) is 0. The van der Waals surface area contributed by atoms with Crippen molar-refractivity contribution in [3.63, 3.8) is 0 Å². The molecule has 0 radical (unpaired) electrons. The van der Waals surface area contributed by atoms with Crippen molar-refractivity contribution in [3.8, 4) is 0 Å². The van der Waals surface area contributed by atoms with Gasteiger partial charge >= 0.3 is 0 Å². The summed E-state index contributed by atoms with van der Waals surface area (Å²) in [5.41, 5.74) is 0.941. The van der Waals surface area contributed by atoms with Crippen molar-refractivity contribution in [2.24, 2.45) is 0 Å². The zero-order valence-electron chi connectivity index (χ0n) is 11.5. The molecule has 108 valence electrons. The Balaban J connectivity index is 1.89. The zero-order valence-corrected chi connectivity index (χ0v) is 13.1. The largest absolute Gasteiger partial charge is 0.336 e. The van der Waals surface area contributed by atoms with Crippen molar-refractivity contribution in [2.45, 2.75) is 31.3 Å². The first-order valence-corrected chi connectivity index (χ1v) is 7.76. The molecular formula is C11H16N6OS2. The van der Waals surface area contributed by atoms with Gasteiger partial charge in [0.25, 0.3) is 0 Å². The average Bonchev–Trinajstić information content (AvgIpc) is 2.95. The molecule has 7 nitrogen and oxygen atoms in total. The van der Waals surface area contributed by atoms with Crippen molar-refractivity contribution in [1.29, 1.82) is 0 Å². The topological polar surface area (TPSA) is 98.7 Å². The predicted molar refractivity (Wildman–Crippen MR) is 80.3 cm³/mol. The van der Waals surface area contributed by atoms with Crippen molar-refractivity contribution >= 4 is 34.1 Å². The molecule has 0 saturated heterocycles. The number of thioether (sulfide) groups is 1. The highest BCUT2D eigenvalue weighted by Gasteiger charge is 2.18. The molecule has 20 heavy (non-hydrogen) atoms. The van der Waals surface area contributed by atoms with Gasteiger partial charge < -0.3 is 11.2 Å². The minimum atomic E-state index is -0.146. The van der Waals surface area contributed by atoms with Gasteiger partial charge in [-0.2, -0.15) is 0 Å². The number of nitrogen functional groups attached to an aromatic ring is 1. The molecule has 0 atom stereocenters. The van der Waals surface area contributed by atoms with Crippen LogP contribution in [0.3, 0.4) is 0 Å². The first kappa shape index (κ1) is 14.8. The number of amides is 1. The van der Waals surface area contributed by atoms with Crippen LogP contribution in [0.15, 0.2) is 16.9 Å². The van der Waals surface area contributed by atoms with Gasteiger partial charge in [-0.3, -0.25) is 4.79 Å². The van der Waals surface area contributed by atoms with E-state index >= 15 is 0 Å². The number of nitrogens with zero attached hydrogens (tertiary/aromatic N) is 4. The minimum Gasteiger partial charge on any atom is -0.336 e. The molecule has 1 amide bonds. The van der Waals surface area contributed by atoms with Crippen molar-refractivity contribution < 1.29 is 4.79 Å². The molecule has 2 aromatic rings. The molecule has 2 rings (SSSR count). The number of rotatable bonds is 4. The Morgan fingerprint density at radius 1 is 1.55 bits per heavy atom. The maximum Gasteiger partial charge on any atom is 0.236 e. The maximum atomic E-state index is 11.8. The summed E-state index contributed by atoms with van der Waals surface area (Å²) in [6.45, 7) is 6.24. The van der Waals surface area contributed by atoms with Crippen LogP contribution in [-0.4, -0.2) is 31.5 Å². The molecule has 2 aromatic heterocycles. The van der Waals surface area contributed by atoms with Crippen LogP contribution in [0, 0.1) is 0 Å². The van der Waals surface area contributed by atoms with E-state index in [9.17, 15) is 4.79 Å². The average molecular weight is 312 g/mol. The summed E-state index contributed by atoms with van der Waals surface area (Å²) in [4.78, 5) is 16.2. The SMILES string of the molecule is CC(C)(C)c1csc(NC(=O)CSc2nncn2N)n1. The lowest BCUT2D eigenvalue weighted by atomic mass is 9.93. The van der Waals surface area contributed by atoms with Gasteiger partial charge in [0, 0.05) is 10.8 Å². The highest BCUT2D eigenvalue weighted by Crippen LogP contribution is 2.26. The Bertz CT molecular complexity index is 600. The summed E-state index contributed by atoms with van der Waals surface area (Å²) >= 11 is 2.64. The fraction of sp³-hybridized carbons (Fsp3) is 0.455. The second kappa shape index (κ2) is 5.80. The maximum absolute atomic E-state index is 11.8. The number of thiazole rings is 1. The monoisotopic (exact) mass is 312 g/mol. The predicted octanol–water partition coefficient (Wildman–Crippen LogP) is 1.48. The Kier molecular flexibility index (Phi) is 4.29. The first-order valence-electron chi connectivity index (χ1n) is 5.90. The summed E-state index contributed by atoms with van der Waals surface area (Å²) in [5, 5.41) is 13.3. The van der Waals surface area contributed by atoms with E-state index in [-0.39, 0.29) is 17.1 Å². The molecule has 0 aliphatic rings. The number of hydrogen-bond donors (Lipinski definition) is 2. The summed E-state index contributed by atoms with van der Waals surface area (Å²) in [7, 11) is 0. The molecule has 0 aromatic carbocycles. The van der Waals surface area contributed by atoms with Gasteiger partial charge in [0.15, 0.2) is 5.13 Å². The first-order chi connectivity index (χ1) is 9.36. The molecule has 0 fully saturated rings. The number of hydrogen-bond acceptors (Lipinski definition) is 7. The molecule has 9 heteroatoms. The second-order valence-electron chi connectivity index (χ2n) is 5.15. The van der Waals surface area contributed by atoms with Crippen molar-refractivity contribution in [3.05, 3.63) is 17.4 Å². The van der Waals surface area contributed by atoms with Gasteiger partial charge in [-0.15, -0.1) is 21.5 Å². The van der Waals surface area contributed by atoms with Crippen LogP contribution in [0.25, 0.3) is 0 Å². The van der Waals surface area contributed by atoms with E-state index in [0.29, 0.717) is 10.3 Å². The number of nitrogens with one attached hydrogen (secondary N) is 1. The van der Waals surface area contributed by atoms with E-state index in [0.717, 1.165) is 5.69 Å². The molecule has 0 saturated carbocycles. The van der Waals surface area contributed by atoms with Crippen LogP contribution < -0.4 is 11.2 Å². The molecule has 0 aliphatic heterocycles.